The number of aromatic amines is 1. The Bertz CT molecular complexity index is 598. The molecule has 2 rings (SSSR count). The number of nitrogens with zero attached hydrogens (tertiary/aromatic N) is 3. The first-order valence-electron chi connectivity index (χ1n) is 5.20. The Morgan fingerprint density at radius 3 is 2.74 bits per heavy atom. The van der Waals surface area contributed by atoms with Crippen molar-refractivity contribution in [3.8, 4) is 6.07 Å². The molecule has 0 atom stereocenters. The third kappa shape index (κ3) is 3.01. The molecule has 0 fully saturated rings. The summed E-state index contributed by atoms with van der Waals surface area (Å²) in [5.74, 6) is -0.105. The van der Waals surface area contributed by atoms with Gasteiger partial charge in [0.2, 0.25) is 0 Å². The summed E-state index contributed by atoms with van der Waals surface area (Å²) in [6.45, 7) is 0.197. The number of anilines is 1. The van der Waals surface area contributed by atoms with Crippen LogP contribution in [-0.2, 0) is 12.7 Å². The Balaban J connectivity index is 2.24. The molecule has 2 aromatic heterocycles. The second-order valence-corrected chi connectivity index (χ2v) is 3.63. The Hall–Kier alpha value is -2.56. The molecule has 19 heavy (non-hydrogen) atoms. The van der Waals surface area contributed by atoms with Crippen LogP contribution in [0.3, 0.4) is 0 Å². The van der Waals surface area contributed by atoms with Gasteiger partial charge in [0.15, 0.2) is 0 Å². The van der Waals surface area contributed by atoms with Gasteiger partial charge in [-0.2, -0.15) is 18.4 Å². The number of hydrogen-bond acceptors (Lipinski definition) is 4. The van der Waals surface area contributed by atoms with Crippen molar-refractivity contribution in [2.45, 2.75) is 12.7 Å². The minimum Gasteiger partial charge on any atom is -0.363 e. The van der Waals surface area contributed by atoms with Crippen molar-refractivity contribution in [3.05, 3.63) is 41.6 Å². The van der Waals surface area contributed by atoms with Gasteiger partial charge >= 0.3 is 6.18 Å². The van der Waals surface area contributed by atoms with Crippen LogP contribution in [0.25, 0.3) is 0 Å². The summed E-state index contributed by atoms with van der Waals surface area (Å²) in [5.41, 5.74) is -0.325. The van der Waals surface area contributed by atoms with E-state index in [1.54, 1.807) is 6.07 Å². The van der Waals surface area contributed by atoms with Crippen LogP contribution in [0.2, 0.25) is 0 Å². The Kier molecular flexibility index (Phi) is 3.37. The van der Waals surface area contributed by atoms with Crippen LogP contribution in [0, 0.1) is 11.3 Å². The SMILES string of the molecule is N#Cc1ccc(C(F)(F)F)nc1NCc1cnc[nH]1. The van der Waals surface area contributed by atoms with Gasteiger partial charge in [-0.15, -0.1) is 0 Å². The number of hydrogen-bond donors (Lipinski definition) is 2. The van der Waals surface area contributed by atoms with Crippen molar-refractivity contribution in [2.24, 2.45) is 0 Å². The van der Waals surface area contributed by atoms with Crippen LogP contribution < -0.4 is 5.32 Å². The van der Waals surface area contributed by atoms with Gasteiger partial charge in [-0.1, -0.05) is 0 Å². The van der Waals surface area contributed by atoms with E-state index in [-0.39, 0.29) is 17.9 Å². The van der Waals surface area contributed by atoms with E-state index in [0.29, 0.717) is 5.69 Å². The fraction of sp³-hybridized carbons (Fsp3) is 0.182. The molecule has 0 spiro atoms. The van der Waals surface area contributed by atoms with Crippen LogP contribution >= 0.6 is 0 Å². The molecule has 0 aliphatic rings. The summed E-state index contributed by atoms with van der Waals surface area (Å²) < 4.78 is 37.6. The predicted molar refractivity (Wildman–Crippen MR) is 59.9 cm³/mol. The summed E-state index contributed by atoms with van der Waals surface area (Å²) >= 11 is 0. The average molecular weight is 267 g/mol. The van der Waals surface area contributed by atoms with E-state index < -0.39 is 11.9 Å². The van der Waals surface area contributed by atoms with Crippen molar-refractivity contribution in [2.75, 3.05) is 5.32 Å². The van der Waals surface area contributed by atoms with Crippen molar-refractivity contribution in [1.29, 1.82) is 5.26 Å². The van der Waals surface area contributed by atoms with Gasteiger partial charge in [0.25, 0.3) is 0 Å². The minimum atomic E-state index is -4.54. The van der Waals surface area contributed by atoms with Crippen LogP contribution in [-0.4, -0.2) is 15.0 Å². The van der Waals surface area contributed by atoms with Gasteiger partial charge < -0.3 is 10.3 Å². The molecule has 2 heterocycles. The third-order valence-electron chi connectivity index (χ3n) is 2.31. The number of nitrogens with one attached hydrogen (secondary N) is 2. The molecule has 0 radical (unpaired) electrons. The zero-order valence-electron chi connectivity index (χ0n) is 9.49. The average Bonchev–Trinajstić information content (AvgIpc) is 2.88. The lowest BCUT2D eigenvalue weighted by molar-refractivity contribution is -0.141. The first-order chi connectivity index (χ1) is 9.00. The number of alkyl halides is 3. The summed E-state index contributed by atoms with van der Waals surface area (Å²) in [4.78, 5) is 9.98. The summed E-state index contributed by atoms with van der Waals surface area (Å²) in [7, 11) is 0. The molecule has 0 amide bonds. The van der Waals surface area contributed by atoms with Crippen LogP contribution in [0.15, 0.2) is 24.7 Å². The maximum atomic E-state index is 12.5. The molecule has 0 aromatic carbocycles. The van der Waals surface area contributed by atoms with Crippen LogP contribution in [0.5, 0.6) is 0 Å². The van der Waals surface area contributed by atoms with E-state index in [0.717, 1.165) is 12.1 Å². The number of halogens is 3. The maximum absolute atomic E-state index is 12.5. The fourth-order valence-electron chi connectivity index (χ4n) is 1.40. The van der Waals surface area contributed by atoms with Gasteiger partial charge in [-0.3, -0.25) is 0 Å². The van der Waals surface area contributed by atoms with E-state index in [9.17, 15) is 13.2 Å². The van der Waals surface area contributed by atoms with Gasteiger partial charge in [-0.05, 0) is 12.1 Å². The Labute approximate surface area is 106 Å². The number of nitriles is 1. The molecule has 0 aliphatic carbocycles. The zero-order chi connectivity index (χ0) is 13.9. The Morgan fingerprint density at radius 2 is 2.16 bits per heavy atom. The second kappa shape index (κ2) is 4.97. The molecular weight excluding hydrogens is 259 g/mol. The molecule has 2 aromatic rings. The highest BCUT2D eigenvalue weighted by molar-refractivity contribution is 5.52. The maximum Gasteiger partial charge on any atom is 0.433 e. The second-order valence-electron chi connectivity index (χ2n) is 3.63. The highest BCUT2D eigenvalue weighted by Gasteiger charge is 2.33. The largest absolute Gasteiger partial charge is 0.433 e. The predicted octanol–water partition coefficient (Wildman–Crippen LogP) is 2.31. The molecular formula is C11H8F3N5. The molecule has 0 aliphatic heterocycles. The molecule has 2 N–H and O–H groups in total. The number of pyridine rings is 1. The number of imidazole rings is 1. The van der Waals surface area contributed by atoms with Gasteiger partial charge in [0.1, 0.15) is 17.6 Å². The lowest BCUT2D eigenvalue weighted by Crippen LogP contribution is -2.11. The van der Waals surface area contributed by atoms with Crippen molar-refractivity contribution >= 4 is 5.82 Å². The lowest BCUT2D eigenvalue weighted by Gasteiger charge is -2.10. The highest BCUT2D eigenvalue weighted by Crippen LogP contribution is 2.29. The monoisotopic (exact) mass is 267 g/mol. The van der Waals surface area contributed by atoms with Crippen LogP contribution in [0.4, 0.5) is 19.0 Å². The van der Waals surface area contributed by atoms with Gasteiger partial charge in [0, 0.05) is 6.20 Å². The standard InChI is InChI=1S/C11H8F3N5/c12-11(13,14)9-2-1-7(3-15)10(19-9)17-5-8-4-16-6-18-8/h1-2,4,6H,5H2,(H,16,18)(H,17,19). The molecule has 0 bridgehead atoms. The summed E-state index contributed by atoms with van der Waals surface area (Å²) in [5, 5.41) is 11.5. The highest BCUT2D eigenvalue weighted by atomic mass is 19.4. The number of rotatable bonds is 3. The van der Waals surface area contributed by atoms with E-state index >= 15 is 0 Å². The van der Waals surface area contributed by atoms with Crippen molar-refractivity contribution in [3.63, 3.8) is 0 Å². The van der Waals surface area contributed by atoms with E-state index in [1.165, 1.54) is 12.5 Å². The quantitative estimate of drug-likeness (QED) is 0.894. The van der Waals surface area contributed by atoms with Crippen molar-refractivity contribution < 1.29 is 13.2 Å². The molecule has 0 saturated carbocycles. The normalized spacial score (nSPS) is 11.1. The zero-order valence-corrected chi connectivity index (χ0v) is 9.49. The first kappa shape index (κ1) is 12.9. The fourth-order valence-corrected chi connectivity index (χ4v) is 1.40. The Morgan fingerprint density at radius 1 is 1.37 bits per heavy atom. The first-order valence-corrected chi connectivity index (χ1v) is 5.20. The molecule has 5 nitrogen and oxygen atoms in total. The van der Waals surface area contributed by atoms with E-state index in [1.807, 2.05) is 0 Å². The van der Waals surface area contributed by atoms with Gasteiger partial charge in [0.05, 0.1) is 24.1 Å². The minimum absolute atomic E-state index is 0.0486. The lowest BCUT2D eigenvalue weighted by atomic mass is 10.2. The number of aromatic nitrogens is 3. The molecule has 0 saturated heterocycles. The van der Waals surface area contributed by atoms with E-state index in [4.69, 9.17) is 5.26 Å². The van der Waals surface area contributed by atoms with E-state index in [2.05, 4.69) is 20.3 Å². The third-order valence-corrected chi connectivity index (χ3v) is 2.31. The molecule has 8 heteroatoms. The summed E-state index contributed by atoms with van der Waals surface area (Å²) in [6, 6.07) is 3.65. The topological polar surface area (TPSA) is 77.4 Å². The summed E-state index contributed by atoms with van der Waals surface area (Å²) in [6.07, 6.45) is -1.58. The van der Waals surface area contributed by atoms with Gasteiger partial charge in [-0.25, -0.2) is 9.97 Å². The van der Waals surface area contributed by atoms with Crippen molar-refractivity contribution in [1.82, 2.24) is 15.0 Å². The molecule has 0 unspecified atom stereocenters. The molecule has 98 valence electrons. The number of H-pyrrole nitrogens is 1. The smallest absolute Gasteiger partial charge is 0.363 e. The van der Waals surface area contributed by atoms with Crippen LogP contribution in [0.1, 0.15) is 17.0 Å².